The van der Waals surface area contributed by atoms with Gasteiger partial charge in [-0.25, -0.2) is 4.79 Å². The Balaban J connectivity index is 1.59. The number of urea groups is 1. The number of aliphatic hydroxyl groups excluding tert-OH is 9. The average Bonchev–Trinajstić information content (AvgIpc) is 3.31. The van der Waals surface area contributed by atoms with Crippen LogP contribution in [0.1, 0.15) is 79.1 Å². The van der Waals surface area contributed by atoms with Crippen LogP contribution in [0.5, 0.6) is 0 Å². The number of aliphatic hydroxyl groups is 10. The van der Waals surface area contributed by atoms with Crippen molar-refractivity contribution in [1.82, 2.24) is 10.2 Å². The predicted molar refractivity (Wildman–Crippen MR) is 261 cm³/mol. The molecule has 4 rings (SSSR count). The summed E-state index contributed by atoms with van der Waals surface area (Å²) in [4.78, 5) is 27.7. The van der Waals surface area contributed by atoms with Gasteiger partial charge < -0.3 is 90.7 Å². The summed E-state index contributed by atoms with van der Waals surface area (Å²) in [5, 5.41) is 113. The van der Waals surface area contributed by atoms with Gasteiger partial charge in [-0.1, -0.05) is 98.9 Å². The summed E-state index contributed by atoms with van der Waals surface area (Å²) in [5.74, 6) is -3.70. The molecule has 20 nitrogen and oxygen atoms in total. The summed E-state index contributed by atoms with van der Waals surface area (Å²) in [6.07, 6.45) is 5.15. The zero-order valence-corrected chi connectivity index (χ0v) is 41.3. The lowest BCUT2D eigenvalue weighted by Gasteiger charge is -2.47. The topological polar surface area (TPSA) is 324 Å². The van der Waals surface area contributed by atoms with E-state index in [1.807, 2.05) is 49.5 Å². The van der Waals surface area contributed by atoms with E-state index < -0.39 is 147 Å². The van der Waals surface area contributed by atoms with Crippen LogP contribution in [0.15, 0.2) is 85.1 Å². The van der Waals surface area contributed by atoms with E-state index in [9.17, 15) is 60.7 Å². The fraction of sp³-hybridized carbons (Fsp3) is 0.686. The molecule has 0 saturated carbocycles. The second-order valence-corrected chi connectivity index (χ2v) is 19.3. The minimum Gasteiger partial charge on any atom is -0.462 e. The molecular formula is C51H81N3O17. The molecule has 0 aliphatic carbocycles. The second-order valence-electron chi connectivity index (χ2n) is 19.3. The fourth-order valence-corrected chi connectivity index (χ4v) is 8.84. The minimum absolute atomic E-state index is 0.0923. The Labute approximate surface area is 417 Å². The first-order chi connectivity index (χ1) is 33.7. The average molecular weight is 1010 g/mol. The van der Waals surface area contributed by atoms with Crippen LogP contribution in [0.3, 0.4) is 0 Å². The summed E-state index contributed by atoms with van der Waals surface area (Å²) in [6, 6.07) is -2.80. The van der Waals surface area contributed by atoms with Crippen molar-refractivity contribution in [2.45, 2.75) is 183 Å². The summed E-state index contributed by atoms with van der Waals surface area (Å²) >= 11 is 0. The van der Waals surface area contributed by atoms with Gasteiger partial charge in [-0.15, -0.1) is 0 Å². The number of hydrogen-bond donors (Lipinski definition) is 12. The molecule has 0 aromatic rings. The van der Waals surface area contributed by atoms with Crippen molar-refractivity contribution in [3.05, 3.63) is 85.1 Å². The molecule has 4 aliphatic rings. The largest absolute Gasteiger partial charge is 0.462 e. The third kappa shape index (κ3) is 19.9. The Bertz CT molecular complexity index is 1820. The number of nitrogens with two attached hydrogens (primary N) is 1. The summed E-state index contributed by atoms with van der Waals surface area (Å²) in [7, 11) is 0. The van der Waals surface area contributed by atoms with Gasteiger partial charge in [-0.05, 0) is 33.1 Å². The zero-order valence-electron chi connectivity index (χ0n) is 41.3. The van der Waals surface area contributed by atoms with E-state index in [-0.39, 0.29) is 44.7 Å². The smallest absolute Gasteiger partial charge is 0.317 e. The maximum absolute atomic E-state index is 13.5. The lowest BCUT2D eigenvalue weighted by atomic mass is 9.87. The number of rotatable bonds is 3. The lowest BCUT2D eigenvalue weighted by Crippen LogP contribution is -2.64. The minimum atomic E-state index is -2.25. The van der Waals surface area contributed by atoms with Gasteiger partial charge in [0.05, 0.1) is 98.9 Å². The number of carbonyl (C=O) groups is 2. The number of fused-ring (bicyclic) bond motifs is 2. The number of nitrogens with zero attached hydrogens (tertiary/aromatic N) is 1. The number of esters is 1. The molecule has 0 aromatic heterocycles. The number of morpholine rings is 1. The third-order valence-corrected chi connectivity index (χ3v) is 13.3. The quantitative estimate of drug-likeness (QED) is 0.171. The molecule has 0 aromatic carbocycles. The van der Waals surface area contributed by atoms with Gasteiger partial charge in [0, 0.05) is 50.6 Å². The van der Waals surface area contributed by atoms with Crippen molar-refractivity contribution in [3.8, 4) is 0 Å². The van der Waals surface area contributed by atoms with Crippen LogP contribution in [-0.2, 0) is 28.5 Å². The normalized spacial score (nSPS) is 43.9. The van der Waals surface area contributed by atoms with Crippen LogP contribution in [0.4, 0.5) is 4.79 Å². The second kappa shape index (κ2) is 29.9. The molecule has 6 unspecified atom stereocenters. The first kappa shape index (κ1) is 59.9. The third-order valence-electron chi connectivity index (χ3n) is 13.3. The Hall–Kier alpha value is -3.68. The number of allylic oxidation sites excluding steroid dienone is 12. The highest BCUT2D eigenvalue weighted by atomic mass is 16.7. The predicted octanol–water partition coefficient (Wildman–Crippen LogP) is 0.421. The van der Waals surface area contributed by atoms with E-state index in [1.165, 1.54) is 4.90 Å². The standard InChI is InChI=1S/C51H81N3O17/c1-31-17-15-13-11-9-7-5-6-8-10-12-14-16-18-38(70-49-48(64)44(52)47(63)34(4)69-49)28-42-45(53-50(65)54-21-23-67-24-22-54)41(60)30-51(66,71-42)29-37(57)26-40(59)39(58)20-19-35(55)25-36(56)27-43(61)68-33(3)32(2)46(31)62/h5-18,31-42,44-49,55-60,62-64,66H,19-30,52H2,1-4H3,(H,53,65)/b6-5+,9-7+,10-8+,13-11+,14-12+,17-15+,18-16+/t31-,32-,33-,34?,35?,36?,37?,38?,39+,40?,41-,42-,44-,45+,46+,47+,48-,49-,51+/m0/s1. The maximum Gasteiger partial charge on any atom is 0.317 e. The zero-order chi connectivity index (χ0) is 52.3. The molecule has 3 saturated heterocycles. The molecule has 402 valence electrons. The van der Waals surface area contributed by atoms with Crippen LogP contribution in [0, 0.1) is 11.8 Å². The Kier molecular flexibility index (Phi) is 25.2. The van der Waals surface area contributed by atoms with Gasteiger partial charge in [0.25, 0.3) is 0 Å². The highest BCUT2D eigenvalue weighted by Crippen LogP contribution is 2.35. The van der Waals surface area contributed by atoms with Crippen molar-refractivity contribution in [3.63, 3.8) is 0 Å². The van der Waals surface area contributed by atoms with Crippen molar-refractivity contribution in [2.75, 3.05) is 26.3 Å². The molecule has 2 bridgehead atoms. The Morgan fingerprint density at radius 3 is 1.90 bits per heavy atom. The van der Waals surface area contributed by atoms with E-state index in [4.69, 9.17) is 29.4 Å². The highest BCUT2D eigenvalue weighted by Gasteiger charge is 2.49. The molecule has 13 N–H and O–H groups in total. The van der Waals surface area contributed by atoms with Gasteiger partial charge in [0.1, 0.15) is 12.2 Å². The number of cyclic esters (lactones) is 1. The highest BCUT2D eigenvalue weighted by molar-refractivity contribution is 5.74. The van der Waals surface area contributed by atoms with Crippen LogP contribution >= 0.6 is 0 Å². The van der Waals surface area contributed by atoms with Crippen LogP contribution in [0.25, 0.3) is 0 Å². The van der Waals surface area contributed by atoms with E-state index >= 15 is 0 Å². The summed E-state index contributed by atoms with van der Waals surface area (Å²) < 4.78 is 29.2. The van der Waals surface area contributed by atoms with Crippen molar-refractivity contribution >= 4 is 12.0 Å². The van der Waals surface area contributed by atoms with Crippen molar-refractivity contribution in [2.24, 2.45) is 17.6 Å². The Morgan fingerprint density at radius 1 is 0.690 bits per heavy atom. The lowest BCUT2D eigenvalue weighted by molar-refractivity contribution is -0.303. The number of carbonyl (C=O) groups excluding carboxylic acids is 2. The SMILES string of the molecule is CC1O[C@@H](OC2/C=C/C=C/C=C/C=C/C=C/C=C/C=C/[C@H](C)[C@@H](O)[C@@H](C)[C@H](C)OC(=O)CC(O)CC(O)CC[C@@H](O)C(O)CC(O)C[C@]3(O)C[C@H](O)[C@@H](NC(=O)N4CCOCC4)[C@H](C2)O3)[C@@H](O)[C@@H](N)[C@@H]1O. The molecule has 20 heteroatoms. The van der Waals surface area contributed by atoms with Gasteiger partial charge in [0.15, 0.2) is 12.1 Å². The monoisotopic (exact) mass is 1010 g/mol. The van der Waals surface area contributed by atoms with Crippen LogP contribution in [-0.4, -0.2) is 198 Å². The van der Waals surface area contributed by atoms with E-state index in [1.54, 1.807) is 63.3 Å². The molecule has 4 heterocycles. The van der Waals surface area contributed by atoms with Crippen molar-refractivity contribution < 1.29 is 84.3 Å². The summed E-state index contributed by atoms with van der Waals surface area (Å²) in [6.45, 7) is 7.98. The molecule has 71 heavy (non-hydrogen) atoms. The van der Waals surface area contributed by atoms with Crippen LogP contribution < -0.4 is 11.1 Å². The van der Waals surface area contributed by atoms with Gasteiger partial charge in [-0.2, -0.15) is 0 Å². The van der Waals surface area contributed by atoms with Gasteiger partial charge in [0.2, 0.25) is 0 Å². The first-order valence-corrected chi connectivity index (χ1v) is 24.8. The van der Waals surface area contributed by atoms with Gasteiger partial charge in [-0.3, -0.25) is 4.79 Å². The van der Waals surface area contributed by atoms with Gasteiger partial charge >= 0.3 is 12.0 Å². The molecule has 2 amide bonds. The number of amides is 2. The number of hydrogen-bond acceptors (Lipinski definition) is 18. The molecule has 19 atom stereocenters. The molecular weight excluding hydrogens is 927 g/mol. The molecule has 4 aliphatic heterocycles. The number of nitrogens with one attached hydrogen (secondary N) is 1. The van der Waals surface area contributed by atoms with E-state index in [0.29, 0.717) is 13.2 Å². The Morgan fingerprint density at radius 2 is 1.28 bits per heavy atom. The molecule has 3 fully saturated rings. The maximum atomic E-state index is 13.5. The molecule has 0 spiro atoms. The number of ether oxygens (including phenoxy) is 5. The fourth-order valence-electron chi connectivity index (χ4n) is 8.84. The molecule has 0 radical (unpaired) electrons. The first-order valence-electron chi connectivity index (χ1n) is 24.8. The van der Waals surface area contributed by atoms with E-state index in [2.05, 4.69) is 5.32 Å². The van der Waals surface area contributed by atoms with Crippen molar-refractivity contribution in [1.29, 1.82) is 0 Å². The van der Waals surface area contributed by atoms with E-state index in [0.717, 1.165) is 0 Å². The van der Waals surface area contributed by atoms with Crippen LogP contribution in [0.2, 0.25) is 0 Å². The summed E-state index contributed by atoms with van der Waals surface area (Å²) in [5.41, 5.74) is 6.12.